The molecule has 2 aliphatic rings. The van der Waals surface area contributed by atoms with Crippen LogP contribution in [0.4, 0.5) is 0 Å². The average molecular weight is 182 g/mol. The molecule has 2 saturated carbocycles. The Morgan fingerprint density at radius 2 is 2.31 bits per heavy atom. The molecule has 2 rings (SSSR count). The quantitative estimate of drug-likeness (QED) is 0.670. The molecule has 3 heteroatoms. The first-order valence-corrected chi connectivity index (χ1v) is 5.24. The Balaban J connectivity index is 1.76. The van der Waals surface area contributed by atoms with Gasteiger partial charge in [-0.3, -0.25) is 4.79 Å². The van der Waals surface area contributed by atoms with E-state index in [4.69, 9.17) is 5.73 Å². The predicted molar refractivity (Wildman–Crippen MR) is 51.1 cm³/mol. The van der Waals surface area contributed by atoms with Crippen LogP contribution in [0.25, 0.3) is 0 Å². The highest BCUT2D eigenvalue weighted by Gasteiger charge is 2.55. The number of carbonyl (C=O) groups is 1. The fourth-order valence-corrected chi connectivity index (χ4v) is 1.86. The Labute approximate surface area is 79.1 Å². The maximum Gasteiger partial charge on any atom is 0.240 e. The number of nitrogens with one attached hydrogen (secondary N) is 1. The Bertz CT molecular complexity index is 225. The Morgan fingerprint density at radius 3 is 2.77 bits per heavy atom. The smallest absolute Gasteiger partial charge is 0.240 e. The molecule has 0 aromatic carbocycles. The lowest BCUT2D eigenvalue weighted by atomic mass is 10.1. The molecule has 0 aromatic rings. The van der Waals surface area contributed by atoms with Crippen LogP contribution in [-0.4, -0.2) is 18.0 Å². The molecule has 0 unspecified atom stereocenters. The van der Waals surface area contributed by atoms with Crippen molar-refractivity contribution in [2.75, 3.05) is 6.54 Å². The van der Waals surface area contributed by atoms with E-state index in [0.29, 0.717) is 5.92 Å². The molecule has 0 bridgehead atoms. The lowest BCUT2D eigenvalue weighted by Crippen LogP contribution is -2.45. The van der Waals surface area contributed by atoms with Crippen LogP contribution in [0.3, 0.4) is 0 Å². The van der Waals surface area contributed by atoms with Gasteiger partial charge in [0.15, 0.2) is 0 Å². The zero-order valence-electron chi connectivity index (χ0n) is 8.18. The SMILES string of the molecule is CC[C@@H]1C[C@]1(N)C(=O)NCC1CC1. The summed E-state index contributed by atoms with van der Waals surface area (Å²) in [6, 6.07) is 0. The molecule has 0 spiro atoms. The fourth-order valence-electron chi connectivity index (χ4n) is 1.86. The molecule has 1 amide bonds. The van der Waals surface area contributed by atoms with Crippen molar-refractivity contribution in [1.29, 1.82) is 0 Å². The summed E-state index contributed by atoms with van der Waals surface area (Å²) in [6.45, 7) is 2.93. The van der Waals surface area contributed by atoms with Crippen LogP contribution in [0.1, 0.15) is 32.6 Å². The van der Waals surface area contributed by atoms with Crippen LogP contribution in [0.2, 0.25) is 0 Å². The summed E-state index contributed by atoms with van der Waals surface area (Å²) in [7, 11) is 0. The molecule has 2 fully saturated rings. The minimum Gasteiger partial charge on any atom is -0.354 e. The van der Waals surface area contributed by atoms with Gasteiger partial charge in [0.1, 0.15) is 0 Å². The van der Waals surface area contributed by atoms with Crippen molar-refractivity contribution in [1.82, 2.24) is 5.32 Å². The lowest BCUT2D eigenvalue weighted by Gasteiger charge is -2.11. The van der Waals surface area contributed by atoms with E-state index in [1.54, 1.807) is 0 Å². The summed E-state index contributed by atoms with van der Waals surface area (Å²) in [5.74, 6) is 1.24. The van der Waals surface area contributed by atoms with E-state index in [0.717, 1.165) is 25.3 Å². The standard InChI is InChI=1S/C10H18N2O/c1-2-8-5-10(8,11)9(13)12-6-7-3-4-7/h7-8H,2-6,11H2,1H3,(H,12,13)/t8-,10-/m1/s1. The zero-order chi connectivity index (χ0) is 9.47. The summed E-state index contributed by atoms with van der Waals surface area (Å²) in [4.78, 5) is 11.6. The second-order valence-corrected chi connectivity index (χ2v) is 4.50. The summed E-state index contributed by atoms with van der Waals surface area (Å²) in [5.41, 5.74) is 5.43. The molecule has 3 nitrogen and oxygen atoms in total. The van der Waals surface area contributed by atoms with Crippen LogP contribution in [-0.2, 0) is 4.79 Å². The third kappa shape index (κ3) is 1.70. The second-order valence-electron chi connectivity index (χ2n) is 4.50. The number of hydrogen-bond acceptors (Lipinski definition) is 2. The predicted octanol–water partition coefficient (Wildman–Crippen LogP) is 0.640. The molecule has 0 radical (unpaired) electrons. The van der Waals surface area contributed by atoms with Crippen molar-refractivity contribution in [3.05, 3.63) is 0 Å². The van der Waals surface area contributed by atoms with E-state index in [1.807, 2.05) is 0 Å². The van der Waals surface area contributed by atoms with Gasteiger partial charge < -0.3 is 11.1 Å². The zero-order valence-corrected chi connectivity index (χ0v) is 8.18. The van der Waals surface area contributed by atoms with E-state index in [1.165, 1.54) is 12.8 Å². The molecule has 0 heterocycles. The summed E-state index contributed by atoms with van der Waals surface area (Å²) in [6.07, 6.45) is 4.44. The number of hydrogen-bond donors (Lipinski definition) is 2. The molecule has 0 saturated heterocycles. The van der Waals surface area contributed by atoms with Gasteiger partial charge in [0.25, 0.3) is 0 Å². The first kappa shape index (κ1) is 9.00. The Kier molecular flexibility index (Phi) is 2.06. The molecule has 0 aromatic heterocycles. The van der Waals surface area contributed by atoms with Gasteiger partial charge in [-0.25, -0.2) is 0 Å². The minimum absolute atomic E-state index is 0.0752. The minimum atomic E-state index is -0.510. The normalized spacial score (nSPS) is 37.2. The highest BCUT2D eigenvalue weighted by Crippen LogP contribution is 2.43. The van der Waals surface area contributed by atoms with Crippen LogP contribution in [0, 0.1) is 11.8 Å². The van der Waals surface area contributed by atoms with Crippen LogP contribution < -0.4 is 11.1 Å². The summed E-state index contributed by atoms with van der Waals surface area (Å²) < 4.78 is 0. The maximum absolute atomic E-state index is 11.6. The largest absolute Gasteiger partial charge is 0.354 e. The second kappa shape index (κ2) is 2.98. The average Bonchev–Trinajstić information content (AvgIpc) is 2.97. The highest BCUT2D eigenvalue weighted by molar-refractivity contribution is 5.89. The van der Waals surface area contributed by atoms with Crippen molar-refractivity contribution < 1.29 is 4.79 Å². The number of rotatable bonds is 4. The van der Waals surface area contributed by atoms with Crippen LogP contribution in [0.15, 0.2) is 0 Å². The maximum atomic E-state index is 11.6. The number of amides is 1. The highest BCUT2D eigenvalue weighted by atomic mass is 16.2. The van der Waals surface area contributed by atoms with E-state index < -0.39 is 5.54 Å². The van der Waals surface area contributed by atoms with E-state index in [9.17, 15) is 4.79 Å². The van der Waals surface area contributed by atoms with Crippen LogP contribution >= 0.6 is 0 Å². The van der Waals surface area contributed by atoms with Crippen molar-refractivity contribution in [2.24, 2.45) is 17.6 Å². The molecule has 13 heavy (non-hydrogen) atoms. The van der Waals surface area contributed by atoms with Crippen molar-refractivity contribution in [3.63, 3.8) is 0 Å². The number of carbonyl (C=O) groups excluding carboxylic acids is 1. The molecular weight excluding hydrogens is 164 g/mol. The third-order valence-electron chi connectivity index (χ3n) is 3.32. The van der Waals surface area contributed by atoms with E-state index in [2.05, 4.69) is 12.2 Å². The van der Waals surface area contributed by atoms with Gasteiger partial charge >= 0.3 is 0 Å². The Morgan fingerprint density at radius 1 is 1.62 bits per heavy atom. The van der Waals surface area contributed by atoms with Gasteiger partial charge in [0.05, 0.1) is 5.54 Å². The van der Waals surface area contributed by atoms with E-state index >= 15 is 0 Å². The van der Waals surface area contributed by atoms with Gasteiger partial charge in [0.2, 0.25) is 5.91 Å². The van der Waals surface area contributed by atoms with Gasteiger partial charge in [-0.15, -0.1) is 0 Å². The Hall–Kier alpha value is -0.570. The molecule has 74 valence electrons. The van der Waals surface area contributed by atoms with E-state index in [-0.39, 0.29) is 5.91 Å². The number of nitrogens with two attached hydrogens (primary N) is 1. The molecule has 0 aliphatic heterocycles. The molecule has 2 atom stereocenters. The van der Waals surface area contributed by atoms with Crippen molar-refractivity contribution in [2.45, 2.75) is 38.1 Å². The molecular formula is C10H18N2O. The van der Waals surface area contributed by atoms with Crippen molar-refractivity contribution >= 4 is 5.91 Å². The summed E-state index contributed by atoms with van der Waals surface area (Å²) >= 11 is 0. The third-order valence-corrected chi connectivity index (χ3v) is 3.32. The van der Waals surface area contributed by atoms with Crippen molar-refractivity contribution in [3.8, 4) is 0 Å². The van der Waals surface area contributed by atoms with Gasteiger partial charge in [0, 0.05) is 6.54 Å². The van der Waals surface area contributed by atoms with Gasteiger partial charge in [-0.1, -0.05) is 13.3 Å². The monoisotopic (exact) mass is 182 g/mol. The molecule has 2 aliphatic carbocycles. The van der Waals surface area contributed by atoms with Gasteiger partial charge in [-0.05, 0) is 31.1 Å². The van der Waals surface area contributed by atoms with Crippen LogP contribution in [0.5, 0.6) is 0 Å². The topological polar surface area (TPSA) is 55.1 Å². The first-order valence-electron chi connectivity index (χ1n) is 5.24. The van der Waals surface area contributed by atoms with Gasteiger partial charge in [-0.2, -0.15) is 0 Å². The molecule has 3 N–H and O–H groups in total. The summed E-state index contributed by atoms with van der Waals surface area (Å²) in [5, 5.41) is 2.95. The first-order chi connectivity index (χ1) is 6.16. The lowest BCUT2D eigenvalue weighted by molar-refractivity contribution is -0.123. The fraction of sp³-hybridized carbons (Fsp3) is 0.900.